The number of halogens is 2. The Hall–Kier alpha value is -0.650. The molecule has 0 aliphatic carbocycles. The van der Waals surface area contributed by atoms with Gasteiger partial charge in [-0.1, -0.05) is 18.2 Å². The van der Waals surface area contributed by atoms with E-state index in [1.54, 1.807) is 6.07 Å². The molecule has 3 nitrogen and oxygen atoms in total. The number of carbonyl (C=O) groups excluding carboxylic acids is 2. The van der Waals surface area contributed by atoms with E-state index in [1.165, 1.54) is 7.11 Å². The average molecular weight is 324 g/mol. The van der Waals surface area contributed by atoms with Crippen LogP contribution in [0.3, 0.4) is 0 Å². The van der Waals surface area contributed by atoms with E-state index in [4.69, 9.17) is 11.6 Å². The highest BCUT2D eigenvalue weighted by molar-refractivity contribution is 9.10. The normalized spacial score (nSPS) is 9.94. The molecule has 16 heavy (non-hydrogen) atoms. The summed E-state index contributed by atoms with van der Waals surface area (Å²) in [4.78, 5) is 23.2. The van der Waals surface area contributed by atoms with E-state index >= 15 is 0 Å². The Morgan fingerprint density at radius 2 is 2.25 bits per heavy atom. The lowest BCUT2D eigenvalue weighted by Crippen LogP contribution is -2.08. The van der Waals surface area contributed by atoms with Crippen molar-refractivity contribution in [2.24, 2.45) is 0 Å². The van der Waals surface area contributed by atoms with Crippen LogP contribution >= 0.6 is 38.9 Å². The van der Waals surface area contributed by atoms with E-state index in [0.29, 0.717) is 13.7 Å². The van der Waals surface area contributed by atoms with Gasteiger partial charge in [-0.25, -0.2) is 4.79 Å². The summed E-state index contributed by atoms with van der Waals surface area (Å²) in [5.41, 5.74) is 0.133. The van der Waals surface area contributed by atoms with Gasteiger partial charge >= 0.3 is 5.97 Å². The van der Waals surface area contributed by atoms with Crippen molar-refractivity contribution in [2.45, 2.75) is 6.42 Å². The van der Waals surface area contributed by atoms with Crippen LogP contribution in [0.4, 0.5) is 0 Å². The van der Waals surface area contributed by atoms with Gasteiger partial charge in [0.1, 0.15) is 4.34 Å². The molecule has 6 heteroatoms. The number of thiophene rings is 1. The molecule has 0 N–H and O–H groups in total. The number of Topliss-reactive ketones (excluding diaryl/α,β-unsaturated/α-hetero) is 1. The molecular formula is C10H8BrClO3S. The predicted octanol–water partition coefficient (Wildman–Crippen LogP) is 3.47. The summed E-state index contributed by atoms with van der Waals surface area (Å²) in [7, 11) is 1.25. The third-order valence-electron chi connectivity index (χ3n) is 1.77. The predicted molar refractivity (Wildman–Crippen MR) is 67.1 cm³/mol. The van der Waals surface area contributed by atoms with Gasteiger partial charge in [-0.15, -0.1) is 11.3 Å². The van der Waals surface area contributed by atoms with E-state index in [2.05, 4.69) is 27.2 Å². The minimum absolute atomic E-state index is 0.0596. The first-order valence-corrected chi connectivity index (χ1v) is 6.18. The van der Waals surface area contributed by atoms with Crippen LogP contribution in [0, 0.1) is 0 Å². The molecule has 0 bridgehead atoms. The Morgan fingerprint density at radius 1 is 1.62 bits per heavy atom. The van der Waals surface area contributed by atoms with Crippen LogP contribution in [0.15, 0.2) is 22.7 Å². The van der Waals surface area contributed by atoms with Gasteiger partial charge in [0.05, 0.1) is 12.0 Å². The van der Waals surface area contributed by atoms with Gasteiger partial charge in [0.15, 0.2) is 5.78 Å². The molecule has 0 atom stereocenters. The molecule has 0 amide bonds. The fraction of sp³-hybridized carbons (Fsp3) is 0.200. The molecule has 1 aromatic rings. The Bertz CT molecular complexity index is 433. The standard InChI is InChI=1S/C10H8BrClO3S/c1-5(10(14)15-2)3-7(13)8-4-6(11)9(12)16-8/h4H,1,3H2,2H3. The zero-order valence-corrected chi connectivity index (χ0v) is 11.5. The fourth-order valence-corrected chi connectivity index (χ4v) is 2.62. The van der Waals surface area contributed by atoms with Crippen molar-refractivity contribution in [2.75, 3.05) is 7.11 Å². The van der Waals surface area contributed by atoms with Crippen molar-refractivity contribution in [3.05, 3.63) is 31.9 Å². The smallest absolute Gasteiger partial charge is 0.333 e. The van der Waals surface area contributed by atoms with Crippen LogP contribution in [0.1, 0.15) is 16.1 Å². The minimum atomic E-state index is -0.574. The first-order valence-electron chi connectivity index (χ1n) is 4.19. The van der Waals surface area contributed by atoms with Crippen LogP contribution in [0.25, 0.3) is 0 Å². The summed E-state index contributed by atoms with van der Waals surface area (Å²) in [5, 5.41) is 0. The van der Waals surface area contributed by atoms with Crippen LogP contribution in [0.5, 0.6) is 0 Å². The third kappa shape index (κ3) is 3.17. The molecule has 1 rings (SSSR count). The van der Waals surface area contributed by atoms with E-state index < -0.39 is 5.97 Å². The second-order valence-electron chi connectivity index (χ2n) is 2.93. The zero-order chi connectivity index (χ0) is 12.3. The summed E-state index contributed by atoms with van der Waals surface area (Å²) < 4.78 is 5.63. The van der Waals surface area contributed by atoms with E-state index in [1.807, 2.05) is 0 Å². The molecule has 0 aromatic carbocycles. The number of hydrogen-bond donors (Lipinski definition) is 0. The van der Waals surface area contributed by atoms with Crippen molar-refractivity contribution in [1.29, 1.82) is 0 Å². The number of rotatable bonds is 4. The Morgan fingerprint density at radius 3 is 2.69 bits per heavy atom. The van der Waals surface area contributed by atoms with Crippen LogP contribution < -0.4 is 0 Å². The third-order valence-corrected chi connectivity index (χ3v) is 4.28. The number of esters is 1. The second kappa shape index (κ2) is 5.61. The Kier molecular flexibility index (Phi) is 4.70. The van der Waals surface area contributed by atoms with Crippen molar-refractivity contribution in [1.82, 2.24) is 0 Å². The SMILES string of the molecule is C=C(CC(=O)c1cc(Br)c(Cl)s1)C(=O)OC. The average Bonchev–Trinajstić information content (AvgIpc) is 2.58. The summed E-state index contributed by atoms with van der Waals surface area (Å²) in [6.45, 7) is 3.48. The summed E-state index contributed by atoms with van der Waals surface area (Å²) in [5.74, 6) is -0.775. The highest BCUT2D eigenvalue weighted by Crippen LogP contribution is 2.32. The van der Waals surface area contributed by atoms with Crippen LogP contribution in [0.2, 0.25) is 4.34 Å². The highest BCUT2D eigenvalue weighted by atomic mass is 79.9. The quantitative estimate of drug-likeness (QED) is 0.484. The number of ether oxygens (including phenoxy) is 1. The van der Waals surface area contributed by atoms with Gasteiger partial charge < -0.3 is 4.74 Å². The lowest BCUT2D eigenvalue weighted by molar-refractivity contribution is -0.136. The molecule has 86 valence electrons. The van der Waals surface area contributed by atoms with Gasteiger partial charge in [-0.3, -0.25) is 4.79 Å². The number of ketones is 1. The number of methoxy groups -OCH3 is 1. The first kappa shape index (κ1) is 13.4. The summed E-state index contributed by atoms with van der Waals surface area (Å²) >= 11 is 10.2. The lowest BCUT2D eigenvalue weighted by atomic mass is 10.1. The van der Waals surface area contributed by atoms with Gasteiger partial charge in [-0.2, -0.15) is 0 Å². The molecule has 0 spiro atoms. The molecule has 1 heterocycles. The zero-order valence-electron chi connectivity index (χ0n) is 8.38. The highest BCUT2D eigenvalue weighted by Gasteiger charge is 2.16. The van der Waals surface area contributed by atoms with Gasteiger partial charge in [0, 0.05) is 16.5 Å². The maximum atomic E-state index is 11.7. The maximum absolute atomic E-state index is 11.7. The molecule has 0 radical (unpaired) electrons. The van der Waals surface area contributed by atoms with Crippen molar-refractivity contribution < 1.29 is 14.3 Å². The van der Waals surface area contributed by atoms with E-state index in [-0.39, 0.29) is 17.8 Å². The maximum Gasteiger partial charge on any atom is 0.333 e. The molecule has 0 saturated heterocycles. The topological polar surface area (TPSA) is 43.4 Å². The number of carbonyl (C=O) groups is 2. The van der Waals surface area contributed by atoms with Gasteiger partial charge in [-0.05, 0) is 22.0 Å². The van der Waals surface area contributed by atoms with Crippen molar-refractivity contribution >= 4 is 50.6 Å². The largest absolute Gasteiger partial charge is 0.466 e. The fourth-order valence-electron chi connectivity index (χ4n) is 0.981. The van der Waals surface area contributed by atoms with Crippen molar-refractivity contribution in [3.63, 3.8) is 0 Å². The first-order chi connectivity index (χ1) is 7.45. The van der Waals surface area contributed by atoms with Crippen LogP contribution in [-0.2, 0) is 9.53 Å². The molecule has 0 saturated carbocycles. The molecule has 0 aliphatic heterocycles. The molecule has 0 unspecified atom stereocenters. The number of hydrogen-bond acceptors (Lipinski definition) is 4. The molecular weight excluding hydrogens is 316 g/mol. The van der Waals surface area contributed by atoms with Crippen molar-refractivity contribution in [3.8, 4) is 0 Å². The van der Waals surface area contributed by atoms with Gasteiger partial charge in [0.2, 0.25) is 0 Å². The van der Waals surface area contributed by atoms with Crippen LogP contribution in [-0.4, -0.2) is 18.9 Å². The lowest BCUT2D eigenvalue weighted by Gasteiger charge is -2.00. The van der Waals surface area contributed by atoms with E-state index in [9.17, 15) is 9.59 Å². The monoisotopic (exact) mass is 322 g/mol. The summed E-state index contributed by atoms with van der Waals surface area (Å²) in [6.07, 6.45) is -0.0596. The second-order valence-corrected chi connectivity index (χ2v) is 5.44. The summed E-state index contributed by atoms with van der Waals surface area (Å²) in [6, 6.07) is 1.62. The van der Waals surface area contributed by atoms with Gasteiger partial charge in [0.25, 0.3) is 0 Å². The molecule has 0 fully saturated rings. The van der Waals surface area contributed by atoms with E-state index in [0.717, 1.165) is 11.3 Å². The molecule has 0 aliphatic rings. The molecule has 1 aromatic heterocycles. The Labute approximate surface area is 110 Å². The Balaban J connectivity index is 2.73. The minimum Gasteiger partial charge on any atom is -0.466 e.